The quantitative estimate of drug-likeness (QED) is 0.584. The summed E-state index contributed by atoms with van der Waals surface area (Å²) in [5, 5.41) is 18.5. The number of nitrogen functional groups attached to an aromatic ring is 1. The lowest BCUT2D eigenvalue weighted by atomic mass is 10.1. The third-order valence-corrected chi connectivity index (χ3v) is 3.01. The lowest BCUT2D eigenvalue weighted by Gasteiger charge is -2.27. The van der Waals surface area contributed by atoms with E-state index in [0.29, 0.717) is 17.9 Å². The zero-order chi connectivity index (χ0) is 14.9. The lowest BCUT2D eigenvalue weighted by molar-refractivity contribution is 0.0885. The number of anilines is 1. The third kappa shape index (κ3) is 3.05. The fourth-order valence-corrected chi connectivity index (χ4v) is 2.24. The van der Waals surface area contributed by atoms with E-state index in [4.69, 9.17) is 11.1 Å². The number of nitrogens with one attached hydrogen (secondary N) is 1. The van der Waals surface area contributed by atoms with Gasteiger partial charge in [0.2, 0.25) is 0 Å². The van der Waals surface area contributed by atoms with E-state index in [2.05, 4.69) is 4.98 Å². The second-order valence-corrected chi connectivity index (χ2v) is 5.63. The van der Waals surface area contributed by atoms with Gasteiger partial charge in [-0.15, -0.1) is 0 Å². The Balaban J connectivity index is 2.53. The van der Waals surface area contributed by atoms with Crippen molar-refractivity contribution in [3.63, 3.8) is 0 Å². The van der Waals surface area contributed by atoms with Crippen molar-refractivity contribution in [2.24, 2.45) is 5.73 Å². The standard InChI is InChI=1S/C15H20N4O/c1-15(2,20)9-19(3)13-8-11(14(16)17)10-6-4-5-7-12(10)18-13/h4-8,20H,9H2,1-3H3,(H3,16,17). The van der Waals surface area contributed by atoms with Crippen molar-refractivity contribution in [3.05, 3.63) is 35.9 Å². The van der Waals surface area contributed by atoms with Crippen molar-refractivity contribution >= 4 is 22.6 Å². The molecule has 20 heavy (non-hydrogen) atoms. The number of pyridine rings is 1. The van der Waals surface area contributed by atoms with Gasteiger partial charge in [-0.25, -0.2) is 4.98 Å². The number of hydrogen-bond donors (Lipinski definition) is 3. The number of aromatic nitrogens is 1. The number of fused-ring (bicyclic) bond motifs is 1. The van der Waals surface area contributed by atoms with Gasteiger partial charge in [-0.05, 0) is 26.0 Å². The van der Waals surface area contributed by atoms with Crippen LogP contribution in [0.1, 0.15) is 19.4 Å². The molecule has 4 N–H and O–H groups in total. The molecule has 1 aromatic heterocycles. The van der Waals surface area contributed by atoms with E-state index in [1.54, 1.807) is 19.9 Å². The van der Waals surface area contributed by atoms with Gasteiger partial charge >= 0.3 is 0 Å². The van der Waals surface area contributed by atoms with Crippen molar-refractivity contribution in [3.8, 4) is 0 Å². The SMILES string of the molecule is CN(CC(C)(C)O)c1cc(C(=N)N)c2ccccc2n1. The minimum absolute atomic E-state index is 0.0153. The summed E-state index contributed by atoms with van der Waals surface area (Å²) in [6.07, 6.45) is 0. The Bertz CT molecular complexity index is 646. The van der Waals surface area contributed by atoms with Crippen molar-refractivity contribution in [1.82, 2.24) is 4.98 Å². The van der Waals surface area contributed by atoms with Crippen molar-refractivity contribution in [1.29, 1.82) is 5.41 Å². The van der Waals surface area contributed by atoms with Crippen molar-refractivity contribution in [2.45, 2.75) is 19.4 Å². The molecule has 0 saturated heterocycles. The third-order valence-electron chi connectivity index (χ3n) is 3.01. The van der Waals surface area contributed by atoms with E-state index in [0.717, 1.165) is 10.9 Å². The van der Waals surface area contributed by atoms with Gasteiger partial charge in [0.15, 0.2) is 0 Å². The zero-order valence-corrected chi connectivity index (χ0v) is 12.0. The summed E-state index contributed by atoms with van der Waals surface area (Å²) in [6.45, 7) is 3.93. The summed E-state index contributed by atoms with van der Waals surface area (Å²) >= 11 is 0. The number of likely N-dealkylation sites (N-methyl/N-ethyl adjacent to an activating group) is 1. The van der Waals surface area contributed by atoms with Crippen LogP contribution in [-0.2, 0) is 0 Å². The van der Waals surface area contributed by atoms with Gasteiger partial charge in [0, 0.05) is 24.5 Å². The van der Waals surface area contributed by atoms with Gasteiger partial charge < -0.3 is 15.7 Å². The first-order chi connectivity index (χ1) is 9.28. The second kappa shape index (κ2) is 5.09. The molecule has 1 aromatic carbocycles. The van der Waals surface area contributed by atoms with Crippen LogP contribution in [0.2, 0.25) is 0 Å². The number of amidine groups is 1. The predicted molar refractivity (Wildman–Crippen MR) is 82.3 cm³/mol. The summed E-state index contributed by atoms with van der Waals surface area (Å²) in [6, 6.07) is 9.38. The average molecular weight is 272 g/mol. The van der Waals surface area contributed by atoms with E-state index in [1.165, 1.54) is 0 Å². The summed E-state index contributed by atoms with van der Waals surface area (Å²) in [5.41, 5.74) is 6.29. The van der Waals surface area contributed by atoms with E-state index in [9.17, 15) is 5.11 Å². The average Bonchev–Trinajstić information content (AvgIpc) is 2.35. The first-order valence-corrected chi connectivity index (χ1v) is 6.45. The minimum Gasteiger partial charge on any atom is -0.389 e. The van der Waals surface area contributed by atoms with Gasteiger partial charge in [0.25, 0.3) is 0 Å². The van der Waals surface area contributed by atoms with Crippen LogP contribution in [0, 0.1) is 5.41 Å². The number of aliphatic hydroxyl groups is 1. The molecule has 2 aromatic rings. The minimum atomic E-state index is -0.821. The Kier molecular flexibility index (Phi) is 3.63. The Morgan fingerprint density at radius 3 is 2.65 bits per heavy atom. The van der Waals surface area contributed by atoms with Gasteiger partial charge in [0.05, 0.1) is 11.1 Å². The Morgan fingerprint density at radius 1 is 1.40 bits per heavy atom. The van der Waals surface area contributed by atoms with Crippen LogP contribution in [0.25, 0.3) is 10.9 Å². The smallest absolute Gasteiger partial charge is 0.129 e. The number of rotatable bonds is 4. The van der Waals surface area contributed by atoms with Crippen molar-refractivity contribution < 1.29 is 5.11 Å². The molecule has 0 amide bonds. The van der Waals surface area contributed by atoms with Gasteiger partial charge in [-0.3, -0.25) is 5.41 Å². The molecule has 106 valence electrons. The Hall–Kier alpha value is -2.14. The fraction of sp³-hybridized carbons (Fsp3) is 0.333. The van der Waals surface area contributed by atoms with E-state index >= 15 is 0 Å². The summed E-state index contributed by atoms with van der Waals surface area (Å²) < 4.78 is 0. The molecule has 0 unspecified atom stereocenters. The van der Waals surface area contributed by atoms with Crippen LogP contribution >= 0.6 is 0 Å². The first-order valence-electron chi connectivity index (χ1n) is 6.45. The molecule has 0 spiro atoms. The molecule has 2 rings (SSSR count). The number of hydrogen-bond acceptors (Lipinski definition) is 4. The maximum atomic E-state index is 9.90. The largest absolute Gasteiger partial charge is 0.389 e. The molecule has 0 aliphatic rings. The fourth-order valence-electron chi connectivity index (χ4n) is 2.24. The molecule has 0 aliphatic heterocycles. The number of para-hydroxylation sites is 1. The maximum Gasteiger partial charge on any atom is 0.129 e. The predicted octanol–water partition coefficient (Wildman–Crippen LogP) is 1.73. The molecule has 0 atom stereocenters. The monoisotopic (exact) mass is 272 g/mol. The second-order valence-electron chi connectivity index (χ2n) is 5.63. The van der Waals surface area contributed by atoms with Crippen LogP contribution < -0.4 is 10.6 Å². The van der Waals surface area contributed by atoms with Crippen LogP contribution in [0.4, 0.5) is 5.82 Å². The zero-order valence-electron chi connectivity index (χ0n) is 12.0. The topological polar surface area (TPSA) is 86.2 Å². The van der Waals surface area contributed by atoms with E-state index in [-0.39, 0.29) is 5.84 Å². The van der Waals surface area contributed by atoms with Gasteiger partial charge in [-0.1, -0.05) is 18.2 Å². The molecule has 1 heterocycles. The van der Waals surface area contributed by atoms with E-state index in [1.807, 2.05) is 36.2 Å². The highest BCUT2D eigenvalue weighted by Crippen LogP contribution is 2.23. The highest BCUT2D eigenvalue weighted by Gasteiger charge is 2.18. The first kappa shape index (κ1) is 14.3. The number of benzene rings is 1. The van der Waals surface area contributed by atoms with Gasteiger partial charge in [0.1, 0.15) is 11.7 Å². The lowest BCUT2D eigenvalue weighted by Crippen LogP contribution is -2.36. The molecular formula is C15H20N4O. The molecule has 0 radical (unpaired) electrons. The molecule has 0 fully saturated rings. The highest BCUT2D eigenvalue weighted by atomic mass is 16.3. The number of nitrogens with zero attached hydrogens (tertiary/aromatic N) is 2. The molecule has 0 saturated carbocycles. The summed E-state index contributed by atoms with van der Waals surface area (Å²) in [4.78, 5) is 6.42. The molecule has 5 nitrogen and oxygen atoms in total. The van der Waals surface area contributed by atoms with E-state index < -0.39 is 5.60 Å². The molecule has 5 heteroatoms. The molecule has 0 aliphatic carbocycles. The van der Waals surface area contributed by atoms with Crippen LogP contribution in [0.3, 0.4) is 0 Å². The van der Waals surface area contributed by atoms with Crippen molar-refractivity contribution in [2.75, 3.05) is 18.5 Å². The van der Waals surface area contributed by atoms with Crippen LogP contribution in [-0.4, -0.2) is 35.1 Å². The van der Waals surface area contributed by atoms with Crippen LogP contribution in [0.15, 0.2) is 30.3 Å². The summed E-state index contributed by atoms with van der Waals surface area (Å²) in [7, 11) is 1.86. The molecular weight excluding hydrogens is 252 g/mol. The normalized spacial score (nSPS) is 11.6. The Labute approximate surface area is 118 Å². The highest BCUT2D eigenvalue weighted by molar-refractivity contribution is 6.07. The number of nitrogens with two attached hydrogens (primary N) is 1. The molecule has 0 bridgehead atoms. The summed E-state index contributed by atoms with van der Waals surface area (Å²) in [5.74, 6) is 0.706. The van der Waals surface area contributed by atoms with Gasteiger partial charge in [-0.2, -0.15) is 0 Å². The Morgan fingerprint density at radius 2 is 2.05 bits per heavy atom. The van der Waals surface area contributed by atoms with Crippen LogP contribution in [0.5, 0.6) is 0 Å². The maximum absolute atomic E-state index is 9.90.